The fraction of sp³-hybridized carbons (Fsp3) is 0.308. The van der Waals surface area contributed by atoms with E-state index >= 15 is 0 Å². The van der Waals surface area contributed by atoms with Crippen LogP contribution in [0.25, 0.3) is 21.5 Å². The van der Waals surface area contributed by atoms with Crippen molar-refractivity contribution in [1.29, 1.82) is 0 Å². The summed E-state index contributed by atoms with van der Waals surface area (Å²) in [6, 6.07) is 21.6. The monoisotopic (exact) mass is 372 g/mol. The Morgan fingerprint density at radius 3 is 2.04 bits per heavy atom. The first-order valence-electron chi connectivity index (χ1n) is 10.4. The van der Waals surface area contributed by atoms with E-state index in [4.69, 9.17) is 4.74 Å². The quantitative estimate of drug-likeness (QED) is 0.312. The van der Waals surface area contributed by atoms with Gasteiger partial charge in [0.2, 0.25) is 0 Å². The van der Waals surface area contributed by atoms with Crippen LogP contribution in [0, 0.1) is 0 Å². The average Bonchev–Trinajstić information content (AvgIpc) is 3.52. The molecule has 0 saturated carbocycles. The van der Waals surface area contributed by atoms with Gasteiger partial charge in [0.15, 0.2) is 0 Å². The predicted octanol–water partition coefficient (Wildman–Crippen LogP) is 6.95. The normalized spacial score (nSPS) is 15.3. The Kier molecular flexibility index (Phi) is 6.41. The van der Waals surface area contributed by atoms with Gasteiger partial charge in [0.05, 0.1) is 12.5 Å². The largest absolute Gasteiger partial charge is 0.473 e. The topological polar surface area (TPSA) is 22.4 Å². The van der Waals surface area contributed by atoms with E-state index in [2.05, 4.69) is 52.9 Å². The summed E-state index contributed by atoms with van der Waals surface area (Å²) in [4.78, 5) is 0. The van der Waals surface area contributed by atoms with E-state index in [0.29, 0.717) is 0 Å². The molecule has 2 heterocycles. The average molecular weight is 373 g/mol. The lowest BCUT2D eigenvalue weighted by molar-refractivity contribution is 0.198. The van der Waals surface area contributed by atoms with E-state index in [0.717, 1.165) is 13.2 Å². The number of hydrogen-bond donors (Lipinski definition) is 0. The minimum Gasteiger partial charge on any atom is -0.473 e. The Labute approximate surface area is 167 Å². The Balaban J connectivity index is 0.000000157. The molecule has 3 aromatic carbocycles. The van der Waals surface area contributed by atoms with Gasteiger partial charge in [0, 0.05) is 13.2 Å². The van der Waals surface area contributed by atoms with E-state index < -0.39 is 0 Å². The fourth-order valence-electron chi connectivity index (χ4n) is 4.08. The third-order valence-corrected chi connectivity index (χ3v) is 5.51. The summed E-state index contributed by atoms with van der Waals surface area (Å²) in [5.41, 5.74) is 3.17. The van der Waals surface area contributed by atoms with E-state index in [1.807, 2.05) is 12.1 Å². The van der Waals surface area contributed by atoms with Crippen LogP contribution in [0.5, 0.6) is 0 Å². The van der Waals surface area contributed by atoms with Crippen LogP contribution >= 0.6 is 0 Å². The summed E-state index contributed by atoms with van der Waals surface area (Å²) in [7, 11) is 0. The second kappa shape index (κ2) is 9.57. The van der Waals surface area contributed by atoms with Crippen molar-refractivity contribution in [2.24, 2.45) is 0 Å². The number of aryl methyl sites for hydroxylation is 2. The van der Waals surface area contributed by atoms with E-state index in [1.165, 1.54) is 60.1 Å². The van der Waals surface area contributed by atoms with Gasteiger partial charge in [-0.05, 0) is 83.3 Å². The van der Waals surface area contributed by atoms with Gasteiger partial charge < -0.3 is 9.15 Å². The summed E-state index contributed by atoms with van der Waals surface area (Å²) in [6.07, 6.45) is 11.0. The van der Waals surface area contributed by atoms with Gasteiger partial charge in [-0.2, -0.15) is 0 Å². The smallest absolute Gasteiger partial charge is 0.0902 e. The summed E-state index contributed by atoms with van der Waals surface area (Å²) < 4.78 is 9.53. The van der Waals surface area contributed by atoms with E-state index in [1.54, 1.807) is 23.7 Å². The third-order valence-electron chi connectivity index (χ3n) is 5.51. The van der Waals surface area contributed by atoms with Crippen LogP contribution in [-0.4, -0.2) is 13.2 Å². The molecule has 0 amide bonds. The van der Waals surface area contributed by atoms with Crippen LogP contribution in [0.15, 0.2) is 77.6 Å². The van der Waals surface area contributed by atoms with Crippen molar-refractivity contribution in [1.82, 2.24) is 0 Å². The van der Waals surface area contributed by atoms with Gasteiger partial charge in [-0.3, -0.25) is 0 Å². The third kappa shape index (κ3) is 4.45. The summed E-state index contributed by atoms with van der Waals surface area (Å²) in [5, 5.41) is 5.64. The molecule has 1 aliphatic heterocycles. The van der Waals surface area contributed by atoms with Crippen molar-refractivity contribution >= 4 is 21.5 Å². The Morgan fingerprint density at radius 1 is 0.571 bits per heavy atom. The second-order valence-corrected chi connectivity index (χ2v) is 7.40. The maximum Gasteiger partial charge on any atom is 0.0902 e. The maximum atomic E-state index is 4.94. The molecule has 2 heteroatoms. The molecule has 0 spiro atoms. The minimum absolute atomic E-state index is 1.00. The standard InChI is InChI=1S/C18H16.C4H8O.C4H4O/c1-3-7-15-13(5-1)9-11-18-16-8-4-2-6-14(16)10-12-17(15)18;2*1-2-4-5-3-1/h1,3,5,7,9-12H,2,4,6,8H2;1-4H2;1-4H. The summed E-state index contributed by atoms with van der Waals surface area (Å²) in [5.74, 6) is 0. The van der Waals surface area contributed by atoms with Crippen molar-refractivity contribution in [3.8, 4) is 0 Å². The van der Waals surface area contributed by atoms with Crippen LogP contribution < -0.4 is 0 Å². The molecule has 0 radical (unpaired) electrons. The highest BCUT2D eigenvalue weighted by molar-refractivity contribution is 6.08. The molecule has 28 heavy (non-hydrogen) atoms. The number of hydrogen-bond acceptors (Lipinski definition) is 2. The van der Waals surface area contributed by atoms with Gasteiger partial charge in [-0.1, -0.05) is 48.5 Å². The highest BCUT2D eigenvalue weighted by Gasteiger charge is 2.13. The number of rotatable bonds is 0. The molecule has 0 atom stereocenters. The number of ether oxygens (including phenoxy) is 1. The van der Waals surface area contributed by atoms with Crippen LogP contribution in [0.1, 0.15) is 36.8 Å². The summed E-state index contributed by atoms with van der Waals surface area (Å²) in [6.45, 7) is 2.00. The molecule has 0 unspecified atom stereocenters. The molecule has 0 N–H and O–H groups in total. The summed E-state index contributed by atoms with van der Waals surface area (Å²) >= 11 is 0. The van der Waals surface area contributed by atoms with E-state index in [9.17, 15) is 0 Å². The first-order valence-corrected chi connectivity index (χ1v) is 10.4. The highest BCUT2D eigenvalue weighted by Crippen LogP contribution is 2.33. The van der Waals surface area contributed by atoms with Gasteiger partial charge in [-0.25, -0.2) is 0 Å². The van der Waals surface area contributed by atoms with Crippen LogP contribution in [0.2, 0.25) is 0 Å². The fourth-order valence-corrected chi connectivity index (χ4v) is 4.08. The first-order chi connectivity index (χ1) is 13.9. The zero-order valence-corrected chi connectivity index (χ0v) is 16.4. The van der Waals surface area contributed by atoms with Gasteiger partial charge in [-0.15, -0.1) is 0 Å². The van der Waals surface area contributed by atoms with Gasteiger partial charge in [0.25, 0.3) is 0 Å². The molecule has 144 valence electrons. The van der Waals surface area contributed by atoms with Crippen LogP contribution in [-0.2, 0) is 17.6 Å². The molecule has 1 aromatic heterocycles. The molecule has 6 rings (SSSR count). The van der Waals surface area contributed by atoms with Crippen molar-refractivity contribution < 1.29 is 9.15 Å². The zero-order chi connectivity index (χ0) is 19.0. The molecule has 0 bridgehead atoms. The SMILES string of the molecule is C1CCOC1.c1ccc2c(c1)ccc1c3c(ccc12)CCCC3.c1ccoc1. The molecule has 1 aliphatic carbocycles. The predicted molar refractivity (Wildman–Crippen MR) is 117 cm³/mol. The maximum absolute atomic E-state index is 4.94. The second-order valence-electron chi connectivity index (χ2n) is 7.40. The lowest BCUT2D eigenvalue weighted by atomic mass is 9.86. The lowest BCUT2D eigenvalue weighted by Crippen LogP contribution is -2.02. The van der Waals surface area contributed by atoms with Gasteiger partial charge >= 0.3 is 0 Å². The van der Waals surface area contributed by atoms with Crippen molar-refractivity contribution in [3.63, 3.8) is 0 Å². The molecule has 1 fully saturated rings. The van der Waals surface area contributed by atoms with Crippen molar-refractivity contribution in [2.75, 3.05) is 13.2 Å². The number of fused-ring (bicyclic) bond motifs is 5. The molecular weight excluding hydrogens is 344 g/mol. The van der Waals surface area contributed by atoms with Crippen LogP contribution in [0.4, 0.5) is 0 Å². The minimum atomic E-state index is 1.00. The van der Waals surface area contributed by atoms with Crippen molar-refractivity contribution in [3.05, 3.63) is 84.3 Å². The number of benzene rings is 3. The number of furan rings is 1. The Bertz CT molecular complexity index is 973. The first kappa shape index (κ1) is 18.8. The molecule has 4 aromatic rings. The Morgan fingerprint density at radius 2 is 1.32 bits per heavy atom. The molecule has 2 aliphatic rings. The molecule has 2 nitrogen and oxygen atoms in total. The Hall–Kier alpha value is -2.58. The molecule has 1 saturated heterocycles. The van der Waals surface area contributed by atoms with E-state index in [-0.39, 0.29) is 0 Å². The lowest BCUT2D eigenvalue weighted by Gasteiger charge is -2.18. The van der Waals surface area contributed by atoms with Crippen molar-refractivity contribution in [2.45, 2.75) is 38.5 Å². The molecular formula is C26H28O2. The van der Waals surface area contributed by atoms with Crippen LogP contribution in [0.3, 0.4) is 0 Å². The highest BCUT2D eigenvalue weighted by atomic mass is 16.5. The zero-order valence-electron chi connectivity index (χ0n) is 16.4. The van der Waals surface area contributed by atoms with Gasteiger partial charge in [0.1, 0.15) is 0 Å².